The van der Waals surface area contributed by atoms with Crippen molar-refractivity contribution in [1.82, 2.24) is 0 Å². The zero-order valence-corrected chi connectivity index (χ0v) is 43.1. The van der Waals surface area contributed by atoms with Crippen LogP contribution in [0.25, 0.3) is 66.1 Å². The van der Waals surface area contributed by atoms with Gasteiger partial charge in [-0.05, 0) is 30.3 Å². The summed E-state index contributed by atoms with van der Waals surface area (Å²) in [5.41, 5.74) is -22.1. The monoisotopic (exact) mass is 1240 g/mol. The summed E-state index contributed by atoms with van der Waals surface area (Å²) in [5, 5.41) is 220. The molecule has 0 spiro atoms. The van der Waals surface area contributed by atoms with E-state index in [0.29, 0.717) is 12.1 Å². The van der Waals surface area contributed by atoms with Crippen LogP contribution in [0.2, 0.25) is 0 Å². The number of benzene rings is 7. The molecule has 5 atom stereocenters. The molecule has 0 aliphatic carbocycles. The molecule has 0 amide bonds. The molecule has 0 saturated heterocycles. The lowest BCUT2D eigenvalue weighted by Gasteiger charge is -2.41. The Labute approximate surface area is 484 Å². The molecule has 4 aliphatic heterocycles. The molecule has 0 unspecified atom stereocenters. The van der Waals surface area contributed by atoms with Crippen molar-refractivity contribution >= 4 is 62.6 Å². The summed E-state index contributed by atoms with van der Waals surface area (Å²) >= 11 is 0. The van der Waals surface area contributed by atoms with Crippen LogP contribution in [0.1, 0.15) is 63.5 Å². The quantitative estimate of drug-likeness (QED) is 0.0397. The number of ether oxygens (including phenoxy) is 5. The maximum absolute atomic E-state index is 15.5. The van der Waals surface area contributed by atoms with E-state index in [1.54, 1.807) is 0 Å². The highest BCUT2D eigenvalue weighted by molar-refractivity contribution is 6.29. The molecule has 10 bridgehead atoms. The number of hydrogen-bond acceptors (Lipinski definition) is 34. The number of phenolic OH excluding ortho intramolecular Hbond substituents is 19. The second kappa shape index (κ2) is 19.0. The van der Waals surface area contributed by atoms with E-state index < -0.39 is 287 Å². The van der Waals surface area contributed by atoms with Gasteiger partial charge in [0.05, 0.1) is 38.6 Å². The predicted molar refractivity (Wildman–Crippen MR) is 280 cm³/mol. The predicted octanol–water partition coefficient (Wildman–Crippen LogP) is 2.63. The largest absolute Gasteiger partial charge is 0.504 e. The van der Waals surface area contributed by atoms with E-state index >= 15 is 4.79 Å². The van der Waals surface area contributed by atoms with Gasteiger partial charge in [0.25, 0.3) is 0 Å². The number of esters is 5. The van der Waals surface area contributed by atoms with Crippen LogP contribution in [0.5, 0.6) is 109 Å². The maximum atomic E-state index is 15.5. The van der Waals surface area contributed by atoms with Gasteiger partial charge >= 0.3 is 41.1 Å². The SMILES string of the molecule is O=C(O[C@@H]1COC(=O)c2cc(O)c(O)c(O)c2-c2c(O)c(O)c3oc(=O)c4c(c(O)c(O)c5oc(=O)c2c3c54)-c2c(cc(O)c(O)c2O)C(=O)O[C@@H]1[C@H]1OC(=O)c2cc(O)c(O)c(O)c2-c2c(O)c(O)c(O)c3c2C(=O)O[C@@H]1[C@H]3O)c1cc(O)c(O)c(O)c1. The van der Waals surface area contributed by atoms with Gasteiger partial charge in [0.15, 0.2) is 110 Å². The van der Waals surface area contributed by atoms with Gasteiger partial charge in [-0.25, -0.2) is 33.6 Å². The topological polar surface area (TPSA) is 597 Å². The minimum atomic E-state index is -3.21. The molecule has 13 rings (SSSR count). The number of aliphatic hydroxyl groups is 1. The number of carbonyl (C=O) groups is 5. The van der Waals surface area contributed by atoms with E-state index in [0.717, 1.165) is 0 Å². The molecule has 0 saturated carbocycles. The molecule has 0 fully saturated rings. The highest BCUT2D eigenvalue weighted by atomic mass is 16.6. The Morgan fingerprint density at radius 1 is 0.371 bits per heavy atom. The second-order valence-corrected chi connectivity index (χ2v) is 19.8. The van der Waals surface area contributed by atoms with Crippen LogP contribution in [0.4, 0.5) is 0 Å². The fourth-order valence-electron chi connectivity index (χ4n) is 11.0. The van der Waals surface area contributed by atoms with Gasteiger partial charge in [-0.3, -0.25) is 0 Å². The van der Waals surface area contributed by atoms with Crippen molar-refractivity contribution < 1.29 is 159 Å². The normalized spacial score (nSPS) is 18.1. The van der Waals surface area contributed by atoms with Crippen LogP contribution in [-0.2, 0) is 23.7 Å². The summed E-state index contributed by atoms with van der Waals surface area (Å²) in [6.45, 7) is -1.88. The first-order valence-corrected chi connectivity index (χ1v) is 24.7. The fraction of sp³-hybridized carbons (Fsp3) is 0.109. The number of rotatable bonds is 3. The molecule has 89 heavy (non-hydrogen) atoms. The van der Waals surface area contributed by atoms with Gasteiger partial charge in [-0.2, -0.15) is 0 Å². The first-order chi connectivity index (χ1) is 41.9. The molecule has 6 heterocycles. The van der Waals surface area contributed by atoms with Crippen molar-refractivity contribution in [3.05, 3.63) is 84.6 Å². The molecule has 2 aromatic heterocycles. The minimum absolute atomic E-state index is 0.158. The minimum Gasteiger partial charge on any atom is -0.504 e. The van der Waals surface area contributed by atoms with Crippen LogP contribution < -0.4 is 11.3 Å². The average Bonchev–Trinajstić information content (AvgIpc) is 0.818. The summed E-state index contributed by atoms with van der Waals surface area (Å²) in [7, 11) is 0. The Morgan fingerprint density at radius 3 is 1.21 bits per heavy atom. The van der Waals surface area contributed by atoms with Gasteiger partial charge in [-0.1, -0.05) is 0 Å². The van der Waals surface area contributed by atoms with Crippen LogP contribution in [0.3, 0.4) is 0 Å². The fourth-order valence-corrected chi connectivity index (χ4v) is 11.0. The van der Waals surface area contributed by atoms with Crippen LogP contribution in [0.15, 0.2) is 48.8 Å². The lowest BCUT2D eigenvalue weighted by Crippen LogP contribution is -2.56. The van der Waals surface area contributed by atoms with Crippen LogP contribution >= 0.6 is 0 Å². The van der Waals surface area contributed by atoms with Crippen molar-refractivity contribution in [2.75, 3.05) is 6.61 Å². The Kier molecular flexibility index (Phi) is 12.1. The molecule has 34 heteroatoms. The van der Waals surface area contributed by atoms with Crippen molar-refractivity contribution in [2.45, 2.75) is 30.5 Å². The summed E-state index contributed by atoms with van der Waals surface area (Å²) in [6.07, 6.45) is -15.1. The summed E-state index contributed by atoms with van der Waals surface area (Å²) in [4.78, 5) is 103. The Balaban J connectivity index is 1.22. The van der Waals surface area contributed by atoms with Gasteiger partial charge in [-0.15, -0.1) is 0 Å². The first-order valence-electron chi connectivity index (χ1n) is 24.7. The molecular formula is C55H32O34. The van der Waals surface area contributed by atoms with Gasteiger partial charge < -0.3 is 135 Å². The van der Waals surface area contributed by atoms with E-state index in [9.17, 15) is 131 Å². The smallest absolute Gasteiger partial charge is 0.345 e. The summed E-state index contributed by atoms with van der Waals surface area (Å²) in [6, 6.07) is 1.45. The third-order valence-electron chi connectivity index (χ3n) is 15.0. The summed E-state index contributed by atoms with van der Waals surface area (Å²) < 4.78 is 39.0. The van der Waals surface area contributed by atoms with E-state index in [1.165, 1.54) is 0 Å². The Morgan fingerprint density at radius 2 is 0.753 bits per heavy atom. The highest BCUT2D eigenvalue weighted by Gasteiger charge is 2.55. The molecule has 4 aliphatic rings. The van der Waals surface area contributed by atoms with Crippen molar-refractivity contribution in [3.8, 4) is 143 Å². The van der Waals surface area contributed by atoms with E-state index in [2.05, 4.69) is 0 Å². The number of hydrogen-bond donors (Lipinski definition) is 20. The van der Waals surface area contributed by atoms with Crippen molar-refractivity contribution in [1.29, 1.82) is 0 Å². The van der Waals surface area contributed by atoms with Crippen molar-refractivity contribution in [2.24, 2.45) is 0 Å². The Bertz CT molecular complexity index is 4910. The van der Waals surface area contributed by atoms with Gasteiger partial charge in [0.1, 0.15) is 12.7 Å². The Hall–Kier alpha value is -13.0. The number of aromatic hydroxyl groups is 19. The summed E-state index contributed by atoms with van der Waals surface area (Å²) in [5.74, 6) is -39.9. The maximum Gasteiger partial charge on any atom is 0.345 e. The lowest BCUT2D eigenvalue weighted by molar-refractivity contribution is -0.154. The molecular weight excluding hydrogens is 1200 g/mol. The molecule has 20 N–H and O–H groups in total. The van der Waals surface area contributed by atoms with E-state index in [-0.39, 0.29) is 18.2 Å². The number of carbonyl (C=O) groups excluding carboxylic acids is 5. The number of cyclic esters (lactones) is 2. The van der Waals surface area contributed by atoms with Crippen molar-refractivity contribution in [3.63, 3.8) is 0 Å². The van der Waals surface area contributed by atoms with Gasteiger partial charge in [0, 0.05) is 49.7 Å². The standard InChI is InChI=1S/C55H32O34/c56-11-1-7(2-12(57)29(11)61)49(76)84-16-6-83-50(77)8-3-13(58)30(62)33(65)17(8)20-25-23-24-26(54(81)87-45(23)42(74)37(20)69)21(38(70)43(75)46(24)86-53(25)80)18-9(4-14(59)31(63)34(18)66)51(78)85-44(16)48-47-40(72)28-27(55(82)88-47)22(36(68)41(73)39(28)71)19-10(52(79)89-48)5-15(60)32(64)35(19)67/h1-5,16,40,44,47-48,56-75H,6H2/t16-,40+,44+,47-,48-/m1/s1. The first kappa shape index (κ1) is 56.5. The van der Waals surface area contributed by atoms with Crippen LogP contribution in [-0.4, -0.2) is 163 Å². The molecule has 0 radical (unpaired) electrons. The highest BCUT2D eigenvalue weighted by Crippen LogP contribution is 2.60. The van der Waals surface area contributed by atoms with E-state index in [1.807, 2.05) is 0 Å². The third kappa shape index (κ3) is 7.69. The number of fused-ring (bicyclic) bond motifs is 7. The second-order valence-electron chi connectivity index (χ2n) is 19.8. The van der Waals surface area contributed by atoms with Crippen LogP contribution in [0, 0.1) is 0 Å². The average molecular weight is 1240 g/mol. The molecule has 456 valence electrons. The molecule has 7 aromatic carbocycles. The number of phenols is 19. The van der Waals surface area contributed by atoms with E-state index in [4.69, 9.17) is 32.5 Å². The zero-order valence-electron chi connectivity index (χ0n) is 43.1. The molecule has 34 nitrogen and oxygen atoms in total. The lowest BCUT2D eigenvalue weighted by atomic mass is 9.82. The molecule has 9 aromatic rings. The zero-order chi connectivity index (χ0) is 64.5. The third-order valence-corrected chi connectivity index (χ3v) is 15.0. The number of aliphatic hydroxyl groups excluding tert-OH is 1. The van der Waals surface area contributed by atoms with Gasteiger partial charge in [0.2, 0.25) is 34.5 Å².